The molecule has 8 nitrogen and oxygen atoms in total. The highest BCUT2D eigenvalue weighted by Gasteiger charge is 2.24. The summed E-state index contributed by atoms with van der Waals surface area (Å²) in [5.74, 6) is -1.32. The number of allylic oxidation sites excluding steroid dienone is 1. The van der Waals surface area contributed by atoms with Gasteiger partial charge in [-0.05, 0) is 12.1 Å². The molecule has 2 heterocycles. The van der Waals surface area contributed by atoms with Crippen molar-refractivity contribution in [3.63, 3.8) is 0 Å². The summed E-state index contributed by atoms with van der Waals surface area (Å²) in [7, 11) is -3.23. The van der Waals surface area contributed by atoms with Crippen LogP contribution < -0.4 is 10.9 Å². The lowest BCUT2D eigenvalue weighted by Crippen LogP contribution is -2.14. The van der Waals surface area contributed by atoms with E-state index in [9.17, 15) is 22.8 Å². The summed E-state index contributed by atoms with van der Waals surface area (Å²) < 4.78 is 33.1. The van der Waals surface area contributed by atoms with Gasteiger partial charge in [-0.25, -0.2) is 13.2 Å². The summed E-state index contributed by atoms with van der Waals surface area (Å²) in [6.45, 7) is 1.21. The lowest BCUT2D eigenvalue weighted by Gasteiger charge is -2.10. The number of sulfone groups is 1. The molecule has 1 amide bonds. The van der Waals surface area contributed by atoms with Crippen LogP contribution in [-0.4, -0.2) is 26.0 Å². The maximum absolute atomic E-state index is 12.0. The third-order valence-corrected chi connectivity index (χ3v) is 5.44. The number of nitrogens with one attached hydrogen (secondary N) is 1. The van der Waals surface area contributed by atoms with Gasteiger partial charge >= 0.3 is 11.6 Å². The molecule has 0 spiro atoms. The van der Waals surface area contributed by atoms with Gasteiger partial charge < -0.3 is 14.5 Å². The molecule has 1 aliphatic heterocycles. The molecule has 3 rings (SSSR count). The zero-order valence-corrected chi connectivity index (χ0v) is 15.2. The summed E-state index contributed by atoms with van der Waals surface area (Å²) in [6.07, 6.45) is 1.43. The maximum Gasteiger partial charge on any atom is 0.336 e. The van der Waals surface area contributed by atoms with Gasteiger partial charge in [-0.1, -0.05) is 6.08 Å². The van der Waals surface area contributed by atoms with Crippen molar-refractivity contribution in [2.24, 2.45) is 5.92 Å². The monoisotopic (exact) mass is 391 g/mol. The number of amides is 1. The summed E-state index contributed by atoms with van der Waals surface area (Å²) >= 11 is 0. The Balaban J connectivity index is 1.72. The molecule has 142 valence electrons. The molecule has 27 heavy (non-hydrogen) atoms. The fraction of sp³-hybridized carbons (Fsp3) is 0.278. The van der Waals surface area contributed by atoms with E-state index < -0.39 is 27.4 Å². The Hall–Kier alpha value is -2.94. The number of benzene rings is 1. The molecule has 1 aromatic carbocycles. The third-order valence-electron chi connectivity index (χ3n) is 3.97. The van der Waals surface area contributed by atoms with Gasteiger partial charge in [0.25, 0.3) is 0 Å². The molecule has 1 atom stereocenters. The van der Waals surface area contributed by atoms with Crippen LogP contribution in [0.3, 0.4) is 0 Å². The molecule has 0 radical (unpaired) electrons. The minimum absolute atomic E-state index is 0.0538. The zero-order chi connectivity index (χ0) is 19.6. The van der Waals surface area contributed by atoms with Gasteiger partial charge in [0.15, 0.2) is 9.84 Å². The molecule has 0 unspecified atom stereocenters. The van der Waals surface area contributed by atoms with Crippen molar-refractivity contribution in [1.29, 1.82) is 0 Å². The molecule has 1 aromatic heterocycles. The zero-order valence-electron chi connectivity index (χ0n) is 14.4. The van der Waals surface area contributed by atoms with Crippen LogP contribution in [0.15, 0.2) is 45.0 Å². The number of carbonyl (C=O) groups is 2. The van der Waals surface area contributed by atoms with Gasteiger partial charge in [0.1, 0.15) is 12.2 Å². The number of rotatable bonds is 5. The smallest absolute Gasteiger partial charge is 0.336 e. The SMILES string of the molecule is CC(=O)Nc1ccc2c(COC(=O)C[C@@H]3C=CS(=O)(=O)C3)cc(=O)oc2c1. The molecule has 0 aliphatic carbocycles. The lowest BCUT2D eigenvalue weighted by atomic mass is 10.1. The van der Waals surface area contributed by atoms with Gasteiger partial charge in [-0.2, -0.15) is 0 Å². The van der Waals surface area contributed by atoms with E-state index in [1.807, 2.05) is 0 Å². The Morgan fingerprint density at radius 1 is 1.30 bits per heavy atom. The molecule has 0 fully saturated rings. The largest absolute Gasteiger partial charge is 0.461 e. The van der Waals surface area contributed by atoms with E-state index in [1.165, 1.54) is 25.1 Å². The Kier molecular flexibility index (Phi) is 5.13. The van der Waals surface area contributed by atoms with E-state index in [4.69, 9.17) is 9.15 Å². The Morgan fingerprint density at radius 2 is 2.07 bits per heavy atom. The molecule has 0 bridgehead atoms. The van der Waals surface area contributed by atoms with Crippen LogP contribution >= 0.6 is 0 Å². The quantitative estimate of drug-likeness (QED) is 0.609. The highest BCUT2D eigenvalue weighted by molar-refractivity contribution is 7.94. The first-order valence-electron chi connectivity index (χ1n) is 8.13. The number of hydrogen-bond acceptors (Lipinski definition) is 7. The molecular weight excluding hydrogens is 374 g/mol. The topological polar surface area (TPSA) is 120 Å². The van der Waals surface area contributed by atoms with E-state index >= 15 is 0 Å². The van der Waals surface area contributed by atoms with Crippen LogP contribution in [0.4, 0.5) is 5.69 Å². The normalized spacial score (nSPS) is 17.7. The highest BCUT2D eigenvalue weighted by atomic mass is 32.2. The molecule has 9 heteroatoms. The van der Waals surface area contributed by atoms with Crippen LogP contribution in [0.2, 0.25) is 0 Å². The number of hydrogen-bond donors (Lipinski definition) is 1. The lowest BCUT2D eigenvalue weighted by molar-refractivity contribution is -0.145. The van der Waals surface area contributed by atoms with Crippen molar-refractivity contribution < 1.29 is 27.2 Å². The van der Waals surface area contributed by atoms with Crippen molar-refractivity contribution in [3.8, 4) is 0 Å². The maximum atomic E-state index is 12.0. The second-order valence-corrected chi connectivity index (χ2v) is 8.20. The first-order chi connectivity index (χ1) is 12.7. The second kappa shape index (κ2) is 7.36. The van der Waals surface area contributed by atoms with E-state index in [0.29, 0.717) is 16.6 Å². The number of ether oxygens (including phenoxy) is 1. The predicted molar refractivity (Wildman–Crippen MR) is 97.6 cm³/mol. The number of carbonyl (C=O) groups excluding carboxylic acids is 2. The molecule has 1 N–H and O–H groups in total. The first-order valence-corrected chi connectivity index (χ1v) is 9.84. The van der Waals surface area contributed by atoms with Gasteiger partial charge in [0, 0.05) is 47.0 Å². The van der Waals surface area contributed by atoms with Crippen molar-refractivity contribution in [2.45, 2.75) is 20.0 Å². The van der Waals surface area contributed by atoms with Gasteiger partial charge in [-0.15, -0.1) is 0 Å². The van der Waals surface area contributed by atoms with Crippen molar-refractivity contribution >= 4 is 38.4 Å². The first kappa shape index (κ1) is 18.8. The van der Waals surface area contributed by atoms with Crippen LogP contribution in [0, 0.1) is 5.92 Å². The Labute approximate surface area is 154 Å². The Bertz CT molecular complexity index is 1100. The van der Waals surface area contributed by atoms with E-state index in [0.717, 1.165) is 5.41 Å². The van der Waals surface area contributed by atoms with Crippen LogP contribution in [0.1, 0.15) is 18.9 Å². The second-order valence-electron chi connectivity index (χ2n) is 6.27. The molecule has 2 aromatic rings. The van der Waals surface area contributed by atoms with Crippen molar-refractivity contribution in [3.05, 3.63) is 51.7 Å². The van der Waals surface area contributed by atoms with E-state index in [2.05, 4.69) is 5.32 Å². The summed E-state index contributed by atoms with van der Waals surface area (Å²) in [4.78, 5) is 34.9. The number of anilines is 1. The summed E-state index contributed by atoms with van der Waals surface area (Å²) in [5.41, 5.74) is 0.572. The molecule has 0 saturated carbocycles. The van der Waals surface area contributed by atoms with Crippen molar-refractivity contribution in [1.82, 2.24) is 0 Å². The van der Waals surface area contributed by atoms with Gasteiger partial charge in [0.2, 0.25) is 5.91 Å². The minimum atomic E-state index is -3.23. The van der Waals surface area contributed by atoms with Crippen LogP contribution in [0.25, 0.3) is 11.0 Å². The summed E-state index contributed by atoms with van der Waals surface area (Å²) in [5, 5.41) is 4.27. The third kappa shape index (κ3) is 4.82. The van der Waals surface area contributed by atoms with Crippen LogP contribution in [-0.2, 0) is 30.8 Å². The Morgan fingerprint density at radius 3 is 2.74 bits per heavy atom. The average molecular weight is 391 g/mol. The number of fused-ring (bicyclic) bond motifs is 1. The van der Waals surface area contributed by atoms with Crippen LogP contribution in [0.5, 0.6) is 0 Å². The predicted octanol–water partition coefficient (Wildman–Crippen LogP) is 1.74. The molecular formula is C18H17NO7S. The fourth-order valence-electron chi connectivity index (χ4n) is 2.83. The van der Waals surface area contributed by atoms with E-state index in [-0.39, 0.29) is 30.3 Å². The molecule has 0 saturated heterocycles. The van der Waals surface area contributed by atoms with Crippen molar-refractivity contribution in [2.75, 3.05) is 11.1 Å². The standard InChI is InChI=1S/C18H17NO7S/c1-11(20)19-14-2-3-15-13(7-18(22)26-16(15)8-14)9-25-17(21)6-12-4-5-27(23,24)10-12/h2-5,7-8,12H,6,9-10H2,1H3,(H,19,20)/t12-/m0/s1. The van der Waals surface area contributed by atoms with Gasteiger partial charge in [-0.3, -0.25) is 9.59 Å². The van der Waals surface area contributed by atoms with Gasteiger partial charge in [0.05, 0.1) is 12.2 Å². The summed E-state index contributed by atoms with van der Waals surface area (Å²) in [6, 6.07) is 6.04. The fourth-order valence-corrected chi connectivity index (χ4v) is 4.23. The number of esters is 1. The highest BCUT2D eigenvalue weighted by Crippen LogP contribution is 2.23. The van der Waals surface area contributed by atoms with E-state index in [1.54, 1.807) is 12.1 Å². The average Bonchev–Trinajstić information content (AvgIpc) is 2.90. The molecule has 1 aliphatic rings. The minimum Gasteiger partial charge on any atom is -0.461 e.